The lowest BCUT2D eigenvalue weighted by Gasteiger charge is -2.13. The number of rotatable bonds is 3. The predicted octanol–water partition coefficient (Wildman–Crippen LogP) is 3.41. The molecular weight excluding hydrogens is 356 g/mol. The molecule has 12 heteroatoms. The first-order valence-electron chi connectivity index (χ1n) is 6.58. The molecule has 0 atom stereocenters. The highest BCUT2D eigenvalue weighted by Crippen LogP contribution is 2.35. The lowest BCUT2D eigenvalue weighted by atomic mass is 10.0. The van der Waals surface area contributed by atoms with Gasteiger partial charge in [-0.1, -0.05) is 17.3 Å². The minimum Gasteiger partial charge on any atom is -0.329 e. The molecule has 0 spiro atoms. The lowest BCUT2D eigenvalue weighted by molar-refractivity contribution is -0.159. The van der Waals surface area contributed by atoms with E-state index in [1.165, 1.54) is 23.4 Å². The normalized spacial score (nSPS) is 12.6. The Bertz CT molecular complexity index is 868. The van der Waals surface area contributed by atoms with Gasteiger partial charge in [0.05, 0.1) is 12.1 Å². The van der Waals surface area contributed by atoms with E-state index in [0.29, 0.717) is 6.07 Å². The van der Waals surface area contributed by atoms with Crippen LogP contribution in [-0.4, -0.2) is 24.9 Å². The van der Waals surface area contributed by atoms with Crippen LogP contribution in [0.1, 0.15) is 17.0 Å². The van der Waals surface area contributed by atoms with Gasteiger partial charge in [-0.15, -0.1) is 0 Å². The fourth-order valence-corrected chi connectivity index (χ4v) is 2.06. The lowest BCUT2D eigenvalue weighted by Crippen LogP contribution is -2.12. The van der Waals surface area contributed by atoms with E-state index in [9.17, 15) is 26.3 Å². The van der Waals surface area contributed by atoms with Crippen LogP contribution in [0.5, 0.6) is 0 Å². The van der Waals surface area contributed by atoms with E-state index in [4.69, 9.17) is 0 Å². The molecule has 25 heavy (non-hydrogen) atoms. The van der Waals surface area contributed by atoms with Crippen molar-refractivity contribution in [1.82, 2.24) is 24.9 Å². The van der Waals surface area contributed by atoms with Crippen LogP contribution in [0.4, 0.5) is 26.3 Å². The summed E-state index contributed by atoms with van der Waals surface area (Å²) in [6.45, 7) is -0.213. The molecule has 0 radical (unpaired) electrons. The Morgan fingerprint density at radius 1 is 1.04 bits per heavy atom. The Morgan fingerprint density at radius 2 is 1.80 bits per heavy atom. The molecule has 0 aliphatic rings. The quantitative estimate of drug-likeness (QED) is 0.667. The number of alkyl halides is 6. The molecular formula is C13H7F6N5O. The Balaban J connectivity index is 2.01. The van der Waals surface area contributed by atoms with E-state index in [-0.39, 0.29) is 17.7 Å². The SMILES string of the molecule is FC(F)(F)c1nc(-c2ccc(Cn3cncn3)c(C(F)(F)F)c2)no1. The van der Waals surface area contributed by atoms with E-state index in [0.717, 1.165) is 6.07 Å². The highest BCUT2D eigenvalue weighted by molar-refractivity contribution is 5.57. The molecule has 0 saturated heterocycles. The minimum atomic E-state index is -4.88. The van der Waals surface area contributed by atoms with Crippen LogP contribution in [0, 0.1) is 0 Å². The summed E-state index contributed by atoms with van der Waals surface area (Å²) in [6, 6.07) is 2.95. The Hall–Kier alpha value is -2.92. The van der Waals surface area contributed by atoms with Crippen molar-refractivity contribution >= 4 is 0 Å². The van der Waals surface area contributed by atoms with Gasteiger partial charge in [0.15, 0.2) is 0 Å². The summed E-state index contributed by atoms with van der Waals surface area (Å²) in [6.07, 6.45) is -7.21. The fraction of sp³-hybridized carbons (Fsp3) is 0.231. The summed E-state index contributed by atoms with van der Waals surface area (Å²) >= 11 is 0. The Labute approximate surface area is 135 Å². The number of nitrogens with zero attached hydrogens (tertiary/aromatic N) is 5. The number of aromatic nitrogens is 5. The highest BCUT2D eigenvalue weighted by Gasteiger charge is 2.39. The molecule has 0 unspecified atom stereocenters. The predicted molar refractivity (Wildman–Crippen MR) is 68.9 cm³/mol. The summed E-state index contributed by atoms with van der Waals surface area (Å²) < 4.78 is 82.5. The van der Waals surface area contributed by atoms with Crippen molar-refractivity contribution in [2.75, 3.05) is 0 Å². The molecule has 3 rings (SSSR count). The standard InChI is InChI=1S/C13H7F6N5O/c14-12(15,16)9-3-7(10-22-11(25-23-10)13(17,18)19)1-2-8(9)4-24-6-20-5-21-24/h1-3,5-6H,4H2. The van der Waals surface area contributed by atoms with Gasteiger partial charge in [-0.3, -0.25) is 0 Å². The molecule has 0 bridgehead atoms. The van der Waals surface area contributed by atoms with Gasteiger partial charge >= 0.3 is 18.2 Å². The first-order valence-corrected chi connectivity index (χ1v) is 6.58. The molecule has 2 heterocycles. The second-order valence-electron chi connectivity index (χ2n) is 4.88. The van der Waals surface area contributed by atoms with Crippen molar-refractivity contribution in [3.05, 3.63) is 47.9 Å². The van der Waals surface area contributed by atoms with Gasteiger partial charge < -0.3 is 4.52 Å². The van der Waals surface area contributed by atoms with Crippen LogP contribution in [0.15, 0.2) is 35.4 Å². The fourth-order valence-electron chi connectivity index (χ4n) is 2.06. The largest absolute Gasteiger partial charge is 0.471 e. The number of halogens is 6. The molecule has 6 nitrogen and oxygen atoms in total. The highest BCUT2D eigenvalue weighted by atomic mass is 19.4. The van der Waals surface area contributed by atoms with Gasteiger partial charge in [0.2, 0.25) is 5.82 Å². The molecule has 132 valence electrons. The molecule has 0 aliphatic carbocycles. The maximum absolute atomic E-state index is 13.3. The van der Waals surface area contributed by atoms with Crippen LogP contribution in [0.3, 0.4) is 0 Å². The average Bonchev–Trinajstić information content (AvgIpc) is 3.16. The third kappa shape index (κ3) is 3.61. The van der Waals surface area contributed by atoms with Crippen molar-refractivity contribution in [2.45, 2.75) is 18.9 Å². The Kier molecular flexibility index (Phi) is 3.97. The second kappa shape index (κ2) is 5.86. The maximum atomic E-state index is 13.3. The summed E-state index contributed by atoms with van der Waals surface area (Å²) in [5, 5.41) is 6.80. The molecule has 0 aliphatic heterocycles. The molecule has 0 amide bonds. The van der Waals surface area contributed by atoms with E-state index >= 15 is 0 Å². The van der Waals surface area contributed by atoms with E-state index in [1.807, 2.05) is 0 Å². The van der Waals surface area contributed by atoms with Crippen LogP contribution >= 0.6 is 0 Å². The molecule has 2 aromatic heterocycles. The zero-order chi connectivity index (χ0) is 18.2. The first kappa shape index (κ1) is 16.9. The monoisotopic (exact) mass is 363 g/mol. The van der Waals surface area contributed by atoms with Crippen molar-refractivity contribution in [1.29, 1.82) is 0 Å². The zero-order valence-corrected chi connectivity index (χ0v) is 12.0. The van der Waals surface area contributed by atoms with Crippen molar-refractivity contribution in [2.24, 2.45) is 0 Å². The van der Waals surface area contributed by atoms with Gasteiger partial charge in [0.25, 0.3) is 0 Å². The van der Waals surface area contributed by atoms with E-state index in [2.05, 4.69) is 24.7 Å². The van der Waals surface area contributed by atoms with Crippen LogP contribution in [-0.2, 0) is 18.9 Å². The van der Waals surface area contributed by atoms with E-state index in [1.54, 1.807) is 0 Å². The summed E-state index contributed by atoms with van der Waals surface area (Å²) in [7, 11) is 0. The van der Waals surface area contributed by atoms with Gasteiger partial charge in [-0.2, -0.15) is 36.4 Å². The number of benzene rings is 1. The van der Waals surface area contributed by atoms with Gasteiger partial charge in [-0.05, 0) is 11.6 Å². The summed E-state index contributed by atoms with van der Waals surface area (Å²) in [4.78, 5) is 6.72. The Morgan fingerprint density at radius 3 is 2.36 bits per heavy atom. The average molecular weight is 363 g/mol. The van der Waals surface area contributed by atoms with Crippen molar-refractivity contribution in [3.8, 4) is 11.4 Å². The molecule has 1 aromatic carbocycles. The molecule has 0 N–H and O–H groups in total. The molecule has 0 saturated carbocycles. The smallest absolute Gasteiger partial charge is 0.329 e. The van der Waals surface area contributed by atoms with Gasteiger partial charge in [0, 0.05) is 5.56 Å². The second-order valence-corrected chi connectivity index (χ2v) is 4.88. The van der Waals surface area contributed by atoms with Crippen molar-refractivity contribution in [3.63, 3.8) is 0 Å². The number of hydrogen-bond donors (Lipinski definition) is 0. The van der Waals surface area contributed by atoms with Crippen LogP contribution in [0.25, 0.3) is 11.4 Å². The minimum absolute atomic E-state index is 0.138. The van der Waals surface area contributed by atoms with Gasteiger partial charge in [0.1, 0.15) is 12.7 Å². The third-order valence-electron chi connectivity index (χ3n) is 3.14. The van der Waals surface area contributed by atoms with E-state index < -0.39 is 29.6 Å². The topological polar surface area (TPSA) is 69.6 Å². The van der Waals surface area contributed by atoms with Crippen LogP contribution in [0.2, 0.25) is 0 Å². The molecule has 0 fully saturated rings. The zero-order valence-electron chi connectivity index (χ0n) is 12.0. The first-order chi connectivity index (χ1) is 11.6. The summed E-state index contributed by atoms with van der Waals surface area (Å²) in [5.41, 5.74) is -1.44. The van der Waals surface area contributed by atoms with Crippen LogP contribution < -0.4 is 0 Å². The van der Waals surface area contributed by atoms with Crippen molar-refractivity contribution < 1.29 is 30.9 Å². The summed E-state index contributed by atoms with van der Waals surface area (Å²) in [5.74, 6) is -2.23. The molecule has 3 aromatic rings. The number of hydrogen-bond acceptors (Lipinski definition) is 5. The third-order valence-corrected chi connectivity index (χ3v) is 3.14. The maximum Gasteiger partial charge on any atom is 0.471 e. The van der Waals surface area contributed by atoms with Gasteiger partial charge in [-0.25, -0.2) is 9.67 Å².